The van der Waals surface area contributed by atoms with Gasteiger partial charge in [0.15, 0.2) is 0 Å². The average Bonchev–Trinajstić information content (AvgIpc) is 2.79. The Balaban J connectivity index is 0.00000135. The standard InChI is InChI=1S/C20H27NO.ClH/c1-21-10-8-17-13-4-6-18-16-12-15(22-2)5-3-14(16)11-19(21)20(17,18)9-7-13;/h3,5,12-13,17-19H,4,6-11H2,1-2H3;1H. The van der Waals surface area contributed by atoms with E-state index in [1.807, 2.05) is 4.90 Å². The highest BCUT2D eigenvalue weighted by Gasteiger charge is 2.65. The molecule has 2 saturated carbocycles. The summed E-state index contributed by atoms with van der Waals surface area (Å²) in [5.74, 6) is 3.91. The van der Waals surface area contributed by atoms with Crippen molar-refractivity contribution in [3.05, 3.63) is 29.3 Å². The fourth-order valence-electron chi connectivity index (χ4n) is 7.12. The summed E-state index contributed by atoms with van der Waals surface area (Å²) in [5.41, 5.74) is 3.88. The number of likely N-dealkylation sites (tertiary alicyclic amines) is 1. The Morgan fingerprint density at radius 3 is 2.87 bits per heavy atom. The molecule has 4 aliphatic rings. The zero-order valence-electron chi connectivity index (χ0n) is 14.3. The van der Waals surface area contributed by atoms with Gasteiger partial charge in [-0.1, -0.05) is 6.07 Å². The monoisotopic (exact) mass is 333 g/mol. The zero-order valence-corrected chi connectivity index (χ0v) is 15.0. The van der Waals surface area contributed by atoms with Gasteiger partial charge in [0.25, 0.3) is 0 Å². The molecule has 1 aromatic carbocycles. The van der Waals surface area contributed by atoms with Gasteiger partial charge in [-0.15, -0.1) is 0 Å². The predicted octanol–water partition coefficient (Wildman–Crippen LogP) is -0.568. The van der Waals surface area contributed by atoms with Crippen LogP contribution in [-0.2, 0) is 6.42 Å². The molecule has 6 atom stereocenters. The van der Waals surface area contributed by atoms with Gasteiger partial charge >= 0.3 is 0 Å². The second kappa shape index (κ2) is 5.39. The van der Waals surface area contributed by atoms with Crippen molar-refractivity contribution in [3.8, 4) is 5.75 Å². The number of nitrogens with one attached hydrogen (secondary N) is 1. The normalized spacial score (nSPS) is 43.1. The zero-order chi connectivity index (χ0) is 14.9. The highest BCUT2D eigenvalue weighted by atomic mass is 35.5. The van der Waals surface area contributed by atoms with Gasteiger partial charge in [0.2, 0.25) is 0 Å². The number of benzene rings is 1. The van der Waals surface area contributed by atoms with E-state index < -0.39 is 0 Å². The van der Waals surface area contributed by atoms with E-state index in [4.69, 9.17) is 4.74 Å². The van der Waals surface area contributed by atoms with Crippen LogP contribution in [0, 0.1) is 17.3 Å². The molecule has 0 amide bonds. The van der Waals surface area contributed by atoms with E-state index in [-0.39, 0.29) is 12.4 Å². The molecule has 5 rings (SSSR count). The average molecular weight is 334 g/mol. The van der Waals surface area contributed by atoms with Crippen LogP contribution in [0.4, 0.5) is 0 Å². The van der Waals surface area contributed by atoms with E-state index >= 15 is 0 Å². The topological polar surface area (TPSA) is 13.7 Å². The highest BCUT2D eigenvalue weighted by molar-refractivity contribution is 5.43. The largest absolute Gasteiger partial charge is 1.00 e. The molecule has 3 aliphatic carbocycles. The van der Waals surface area contributed by atoms with Gasteiger partial charge in [-0.3, -0.25) is 0 Å². The van der Waals surface area contributed by atoms with Crippen molar-refractivity contribution < 1.29 is 22.0 Å². The van der Waals surface area contributed by atoms with Crippen LogP contribution in [0.15, 0.2) is 18.2 Å². The molecule has 2 nitrogen and oxygen atoms in total. The molecule has 1 N–H and O–H groups in total. The Bertz CT molecular complexity index is 618. The van der Waals surface area contributed by atoms with Gasteiger partial charge in [0, 0.05) is 18.3 Å². The lowest BCUT2D eigenvalue weighted by atomic mass is 9.50. The lowest BCUT2D eigenvalue weighted by Gasteiger charge is -2.58. The van der Waals surface area contributed by atoms with Crippen LogP contribution >= 0.6 is 0 Å². The minimum Gasteiger partial charge on any atom is -1.00 e. The van der Waals surface area contributed by atoms with E-state index in [1.54, 1.807) is 18.2 Å². The first-order valence-electron chi connectivity index (χ1n) is 9.23. The molecule has 3 heteroatoms. The molecule has 1 heterocycles. The molecule has 1 aromatic rings. The molecule has 2 bridgehead atoms. The smallest absolute Gasteiger partial charge is 0.119 e. The van der Waals surface area contributed by atoms with Crippen molar-refractivity contribution in [3.63, 3.8) is 0 Å². The van der Waals surface area contributed by atoms with E-state index in [2.05, 4.69) is 25.2 Å². The van der Waals surface area contributed by atoms with Gasteiger partial charge in [-0.2, -0.15) is 0 Å². The minimum absolute atomic E-state index is 0. The number of hydrogen-bond donors (Lipinski definition) is 1. The van der Waals surface area contributed by atoms with E-state index in [0.717, 1.165) is 29.5 Å². The Hall–Kier alpha value is -0.730. The van der Waals surface area contributed by atoms with Crippen molar-refractivity contribution in [2.75, 3.05) is 20.7 Å². The molecular weight excluding hydrogens is 306 g/mol. The van der Waals surface area contributed by atoms with Crippen LogP contribution in [-0.4, -0.2) is 26.7 Å². The number of fused-ring (bicyclic) bond motifs is 2. The minimum atomic E-state index is 0. The summed E-state index contributed by atoms with van der Waals surface area (Å²) in [6.07, 6.45) is 8.66. The van der Waals surface area contributed by atoms with Crippen LogP contribution in [0.5, 0.6) is 5.75 Å². The summed E-state index contributed by atoms with van der Waals surface area (Å²) in [4.78, 5) is 1.81. The van der Waals surface area contributed by atoms with Crippen LogP contribution in [0.1, 0.15) is 49.1 Å². The fraction of sp³-hybridized carbons (Fsp3) is 0.700. The molecule has 1 aliphatic heterocycles. The third-order valence-electron chi connectivity index (χ3n) is 7.93. The van der Waals surface area contributed by atoms with Crippen LogP contribution in [0.2, 0.25) is 0 Å². The number of rotatable bonds is 1. The summed E-state index contributed by atoms with van der Waals surface area (Å²) in [5, 5.41) is 0. The van der Waals surface area contributed by atoms with Gasteiger partial charge in [0.1, 0.15) is 5.75 Å². The number of halogens is 1. The Morgan fingerprint density at radius 1 is 1.17 bits per heavy atom. The van der Waals surface area contributed by atoms with Crippen molar-refractivity contribution in [2.45, 2.75) is 50.5 Å². The highest BCUT2D eigenvalue weighted by Crippen LogP contribution is 2.66. The van der Waals surface area contributed by atoms with Crippen LogP contribution < -0.4 is 22.0 Å². The third kappa shape index (κ3) is 1.91. The molecule has 0 radical (unpaired) electrons. The molecule has 3 fully saturated rings. The molecule has 126 valence electrons. The molecule has 23 heavy (non-hydrogen) atoms. The van der Waals surface area contributed by atoms with Crippen molar-refractivity contribution in [2.24, 2.45) is 17.3 Å². The second-order valence-electron chi connectivity index (χ2n) is 8.35. The number of quaternary nitrogens is 1. The maximum atomic E-state index is 5.55. The van der Waals surface area contributed by atoms with E-state index in [0.29, 0.717) is 5.41 Å². The maximum Gasteiger partial charge on any atom is 0.119 e. The number of hydrogen-bond acceptors (Lipinski definition) is 1. The van der Waals surface area contributed by atoms with Crippen molar-refractivity contribution in [1.29, 1.82) is 0 Å². The first kappa shape index (κ1) is 15.8. The molecule has 0 aromatic heterocycles. The summed E-state index contributed by atoms with van der Waals surface area (Å²) in [6.45, 7) is 1.39. The molecule has 6 unspecified atom stereocenters. The summed E-state index contributed by atoms with van der Waals surface area (Å²) in [6, 6.07) is 7.78. The van der Waals surface area contributed by atoms with Gasteiger partial charge in [-0.05, 0) is 66.7 Å². The molecule has 1 saturated heterocycles. The quantitative estimate of drug-likeness (QED) is 0.727. The predicted molar refractivity (Wildman–Crippen MR) is 87.5 cm³/mol. The number of piperidine rings is 1. The van der Waals surface area contributed by atoms with Crippen molar-refractivity contribution in [1.82, 2.24) is 0 Å². The lowest BCUT2D eigenvalue weighted by molar-refractivity contribution is -0.923. The first-order chi connectivity index (χ1) is 10.7. The lowest BCUT2D eigenvalue weighted by Crippen LogP contribution is -3.17. The van der Waals surface area contributed by atoms with Gasteiger partial charge in [-0.25, -0.2) is 0 Å². The van der Waals surface area contributed by atoms with Gasteiger partial charge in [0.05, 0.1) is 26.7 Å². The SMILES string of the molecule is COc1ccc2c(c1)C1CCC3CCC14C3CC[NH+](C)C4C2.[Cl-]. The number of methoxy groups -OCH3 is 1. The third-order valence-corrected chi connectivity index (χ3v) is 7.93. The Kier molecular flexibility index (Phi) is 3.70. The van der Waals surface area contributed by atoms with E-state index in [9.17, 15) is 0 Å². The molecular formula is C20H28ClNO. The van der Waals surface area contributed by atoms with Crippen LogP contribution in [0.25, 0.3) is 0 Å². The summed E-state index contributed by atoms with van der Waals surface area (Å²) >= 11 is 0. The first-order valence-corrected chi connectivity index (χ1v) is 9.23. The fourth-order valence-corrected chi connectivity index (χ4v) is 7.12. The number of likely N-dealkylation sites (N-methyl/N-ethyl adjacent to an activating group) is 1. The summed E-state index contributed by atoms with van der Waals surface area (Å²) in [7, 11) is 4.27. The Labute approximate surface area is 146 Å². The van der Waals surface area contributed by atoms with E-state index in [1.165, 1.54) is 45.1 Å². The number of ether oxygens (including phenoxy) is 1. The molecule has 1 spiro atoms. The maximum absolute atomic E-state index is 5.55. The summed E-state index contributed by atoms with van der Waals surface area (Å²) < 4.78 is 5.55. The van der Waals surface area contributed by atoms with Crippen LogP contribution in [0.3, 0.4) is 0 Å². The second-order valence-corrected chi connectivity index (χ2v) is 8.35. The Morgan fingerprint density at radius 2 is 2.04 bits per heavy atom. The van der Waals surface area contributed by atoms with Crippen molar-refractivity contribution >= 4 is 0 Å². The van der Waals surface area contributed by atoms with Gasteiger partial charge < -0.3 is 22.0 Å².